The third-order valence-corrected chi connectivity index (χ3v) is 5.86. The van der Waals surface area contributed by atoms with Crippen LogP contribution in [-0.2, 0) is 0 Å². The summed E-state index contributed by atoms with van der Waals surface area (Å²) in [6, 6.07) is 9.96. The van der Waals surface area contributed by atoms with Crippen LogP contribution in [0.1, 0.15) is 23.3 Å². The molecule has 0 radical (unpaired) electrons. The van der Waals surface area contributed by atoms with Gasteiger partial charge in [0.1, 0.15) is 10.7 Å². The highest BCUT2D eigenvalue weighted by Gasteiger charge is 2.25. The van der Waals surface area contributed by atoms with Crippen molar-refractivity contribution >= 4 is 29.7 Å². The second-order valence-corrected chi connectivity index (χ2v) is 7.70. The lowest BCUT2D eigenvalue weighted by molar-refractivity contribution is 0.0686. The molecule has 3 heterocycles. The minimum absolute atomic E-state index is 0. The fourth-order valence-electron chi connectivity index (χ4n) is 3.45. The van der Waals surface area contributed by atoms with Crippen LogP contribution >= 0.6 is 23.7 Å². The van der Waals surface area contributed by atoms with Crippen molar-refractivity contribution in [2.24, 2.45) is 5.92 Å². The molecular formula is C20H24ClN5OS. The average Bonchev–Trinajstić information content (AvgIpc) is 3.39. The Labute approximate surface area is 175 Å². The number of thiazole rings is 1. The molecule has 4 rings (SSSR count). The Kier molecular flexibility index (Phi) is 6.83. The molecule has 2 aromatic heterocycles. The zero-order valence-electron chi connectivity index (χ0n) is 15.7. The van der Waals surface area contributed by atoms with Gasteiger partial charge in [-0.2, -0.15) is 5.10 Å². The molecule has 0 aliphatic carbocycles. The number of para-hydroxylation sites is 1. The van der Waals surface area contributed by atoms with E-state index in [-0.39, 0.29) is 18.3 Å². The summed E-state index contributed by atoms with van der Waals surface area (Å²) in [5.41, 5.74) is 2.46. The molecule has 3 aromatic rings. The summed E-state index contributed by atoms with van der Waals surface area (Å²) >= 11 is 1.49. The van der Waals surface area contributed by atoms with Gasteiger partial charge in [-0.15, -0.1) is 23.7 Å². The molecule has 148 valence electrons. The van der Waals surface area contributed by atoms with Crippen LogP contribution in [0.25, 0.3) is 16.3 Å². The van der Waals surface area contributed by atoms with Crippen molar-refractivity contribution < 1.29 is 4.79 Å². The van der Waals surface area contributed by atoms with E-state index < -0.39 is 0 Å². The Balaban J connectivity index is 0.00000225. The molecule has 1 fully saturated rings. The number of likely N-dealkylation sites (tertiary alicyclic amines) is 1. The van der Waals surface area contributed by atoms with Gasteiger partial charge in [-0.3, -0.25) is 4.79 Å². The van der Waals surface area contributed by atoms with Gasteiger partial charge in [0, 0.05) is 30.2 Å². The predicted octanol–water partition coefficient (Wildman–Crippen LogP) is 3.49. The van der Waals surface area contributed by atoms with Gasteiger partial charge in [0.05, 0.1) is 11.9 Å². The number of halogens is 1. The first-order chi connectivity index (χ1) is 13.2. The van der Waals surface area contributed by atoms with E-state index in [1.807, 2.05) is 58.5 Å². The second-order valence-electron chi connectivity index (χ2n) is 6.84. The molecule has 1 N–H and O–H groups in total. The summed E-state index contributed by atoms with van der Waals surface area (Å²) in [6.45, 7) is 2.64. The third-order valence-electron chi connectivity index (χ3n) is 4.97. The second kappa shape index (κ2) is 9.32. The highest BCUT2D eigenvalue weighted by atomic mass is 35.5. The Morgan fingerprint density at radius 3 is 2.71 bits per heavy atom. The molecule has 6 nitrogen and oxygen atoms in total. The maximum Gasteiger partial charge on any atom is 0.273 e. The van der Waals surface area contributed by atoms with E-state index in [1.165, 1.54) is 11.3 Å². The largest absolute Gasteiger partial charge is 0.337 e. The zero-order valence-corrected chi connectivity index (χ0v) is 17.4. The van der Waals surface area contributed by atoms with Crippen molar-refractivity contribution in [1.82, 2.24) is 25.0 Å². The van der Waals surface area contributed by atoms with Gasteiger partial charge in [0.25, 0.3) is 5.91 Å². The van der Waals surface area contributed by atoms with Gasteiger partial charge in [0.15, 0.2) is 0 Å². The first-order valence-electron chi connectivity index (χ1n) is 9.24. The molecule has 8 heteroatoms. The highest BCUT2D eigenvalue weighted by molar-refractivity contribution is 7.13. The topological polar surface area (TPSA) is 63.1 Å². The van der Waals surface area contributed by atoms with Crippen molar-refractivity contribution in [2.45, 2.75) is 12.8 Å². The van der Waals surface area contributed by atoms with E-state index in [9.17, 15) is 4.79 Å². The number of nitrogens with zero attached hydrogens (tertiary/aromatic N) is 4. The zero-order chi connectivity index (χ0) is 18.6. The summed E-state index contributed by atoms with van der Waals surface area (Å²) in [6.07, 6.45) is 5.84. The molecular weight excluding hydrogens is 394 g/mol. The van der Waals surface area contributed by atoms with Crippen LogP contribution in [0.2, 0.25) is 0 Å². The molecule has 1 aliphatic heterocycles. The van der Waals surface area contributed by atoms with Crippen LogP contribution < -0.4 is 5.32 Å². The fourth-order valence-corrected chi connectivity index (χ4v) is 4.22. The van der Waals surface area contributed by atoms with E-state index in [0.717, 1.165) is 48.7 Å². The SMILES string of the molecule is CNCC1CCN(C(=O)c2csc(-c3cnn(-c4ccccc4)c3)n2)CC1.Cl. The number of aromatic nitrogens is 3. The Morgan fingerprint density at radius 1 is 1.25 bits per heavy atom. The number of piperidine rings is 1. The molecule has 0 spiro atoms. The minimum atomic E-state index is 0. The van der Waals surface area contributed by atoms with Crippen LogP contribution in [0.15, 0.2) is 48.1 Å². The molecule has 28 heavy (non-hydrogen) atoms. The van der Waals surface area contributed by atoms with E-state index in [4.69, 9.17) is 0 Å². The molecule has 0 bridgehead atoms. The first-order valence-corrected chi connectivity index (χ1v) is 10.1. The van der Waals surface area contributed by atoms with Crippen LogP contribution in [0, 0.1) is 5.92 Å². The third kappa shape index (κ3) is 4.43. The molecule has 1 aromatic carbocycles. The summed E-state index contributed by atoms with van der Waals surface area (Å²) in [5, 5.41) is 10.3. The summed E-state index contributed by atoms with van der Waals surface area (Å²) in [4.78, 5) is 19.3. The molecule has 1 saturated heterocycles. The first kappa shape index (κ1) is 20.5. The van der Waals surface area contributed by atoms with Gasteiger partial charge in [-0.1, -0.05) is 18.2 Å². The number of hydrogen-bond donors (Lipinski definition) is 1. The van der Waals surface area contributed by atoms with E-state index in [0.29, 0.717) is 11.6 Å². The predicted molar refractivity (Wildman–Crippen MR) is 114 cm³/mol. The quantitative estimate of drug-likeness (QED) is 0.690. The summed E-state index contributed by atoms with van der Waals surface area (Å²) < 4.78 is 1.82. The average molecular weight is 418 g/mol. The molecule has 1 amide bonds. The minimum Gasteiger partial charge on any atom is -0.337 e. The van der Waals surface area contributed by atoms with Crippen molar-refractivity contribution in [3.63, 3.8) is 0 Å². The van der Waals surface area contributed by atoms with Gasteiger partial charge < -0.3 is 10.2 Å². The fraction of sp³-hybridized carbons (Fsp3) is 0.350. The van der Waals surface area contributed by atoms with Crippen LogP contribution in [0.5, 0.6) is 0 Å². The van der Waals surface area contributed by atoms with E-state index >= 15 is 0 Å². The Hall–Kier alpha value is -2.22. The van der Waals surface area contributed by atoms with Gasteiger partial charge in [0.2, 0.25) is 0 Å². The van der Waals surface area contributed by atoms with Gasteiger partial charge >= 0.3 is 0 Å². The number of benzene rings is 1. The summed E-state index contributed by atoms with van der Waals surface area (Å²) in [5.74, 6) is 0.699. The molecule has 0 atom stereocenters. The number of carbonyl (C=O) groups is 1. The van der Waals surface area contributed by atoms with Crippen molar-refractivity contribution in [3.05, 3.63) is 53.8 Å². The summed E-state index contributed by atoms with van der Waals surface area (Å²) in [7, 11) is 1.98. The van der Waals surface area contributed by atoms with Gasteiger partial charge in [-0.05, 0) is 44.5 Å². The maximum absolute atomic E-state index is 12.8. The normalized spacial score (nSPS) is 14.7. The number of nitrogens with one attached hydrogen (secondary N) is 1. The molecule has 0 unspecified atom stereocenters. The number of rotatable bonds is 5. The van der Waals surface area contributed by atoms with Gasteiger partial charge in [-0.25, -0.2) is 9.67 Å². The smallest absolute Gasteiger partial charge is 0.273 e. The number of amides is 1. The highest BCUT2D eigenvalue weighted by Crippen LogP contribution is 2.26. The van der Waals surface area contributed by atoms with Crippen LogP contribution in [0.3, 0.4) is 0 Å². The van der Waals surface area contributed by atoms with Crippen molar-refractivity contribution in [3.8, 4) is 16.3 Å². The van der Waals surface area contributed by atoms with Crippen LogP contribution in [-0.4, -0.2) is 52.3 Å². The lowest BCUT2D eigenvalue weighted by Gasteiger charge is -2.31. The van der Waals surface area contributed by atoms with Crippen molar-refractivity contribution in [1.29, 1.82) is 0 Å². The lowest BCUT2D eigenvalue weighted by atomic mass is 9.97. The Morgan fingerprint density at radius 2 is 2.00 bits per heavy atom. The van der Waals surface area contributed by atoms with Crippen LogP contribution in [0.4, 0.5) is 0 Å². The maximum atomic E-state index is 12.8. The Bertz CT molecular complexity index is 902. The standard InChI is InChI=1S/C20H23N5OS.ClH/c1-21-11-15-7-9-24(10-8-15)20(26)18-14-27-19(23-18)16-12-22-25(13-16)17-5-3-2-4-6-17;/h2-6,12-15,21H,7-11H2,1H3;1H. The molecule has 0 saturated carbocycles. The van der Waals surface area contributed by atoms with E-state index in [1.54, 1.807) is 6.20 Å². The monoisotopic (exact) mass is 417 g/mol. The number of hydrogen-bond acceptors (Lipinski definition) is 5. The molecule has 1 aliphatic rings. The lowest BCUT2D eigenvalue weighted by Crippen LogP contribution is -2.40. The van der Waals surface area contributed by atoms with E-state index in [2.05, 4.69) is 15.4 Å². The van der Waals surface area contributed by atoms with Crippen molar-refractivity contribution in [2.75, 3.05) is 26.7 Å². The number of carbonyl (C=O) groups excluding carboxylic acids is 1.